The highest BCUT2D eigenvalue weighted by molar-refractivity contribution is 5.82. The van der Waals surface area contributed by atoms with E-state index >= 15 is 0 Å². The zero-order chi connectivity index (χ0) is 15.1. The number of primary amides is 1. The monoisotopic (exact) mass is 281 g/mol. The third-order valence-electron chi connectivity index (χ3n) is 2.63. The van der Waals surface area contributed by atoms with Gasteiger partial charge in [-0.25, -0.2) is 4.39 Å². The first-order valence-electron chi connectivity index (χ1n) is 5.65. The molecule has 1 rings (SSSR count). The summed E-state index contributed by atoms with van der Waals surface area (Å²) in [6.07, 6.45) is 0.0368. The van der Waals surface area contributed by atoms with Gasteiger partial charge >= 0.3 is 0 Å². The molecule has 0 aliphatic heterocycles. The van der Waals surface area contributed by atoms with Gasteiger partial charge in [0.25, 0.3) is 5.69 Å². The molecule has 1 unspecified atom stereocenters. The minimum Gasteiger partial charge on any atom is -0.369 e. The number of nitrogens with zero attached hydrogens (tertiary/aromatic N) is 2. The van der Waals surface area contributed by atoms with Gasteiger partial charge in [-0.3, -0.25) is 14.9 Å². The van der Waals surface area contributed by atoms with E-state index in [0.717, 1.165) is 18.2 Å². The van der Waals surface area contributed by atoms with E-state index in [1.54, 1.807) is 6.07 Å². The van der Waals surface area contributed by atoms with Crippen LogP contribution >= 0.6 is 0 Å². The number of hydrogen-bond donors (Lipinski definition) is 1. The van der Waals surface area contributed by atoms with Gasteiger partial charge in [0, 0.05) is 24.3 Å². The fraction of sp³-hybridized carbons (Fsp3) is 0.333. The van der Waals surface area contributed by atoms with Crippen LogP contribution in [0, 0.1) is 27.3 Å². The summed E-state index contributed by atoms with van der Waals surface area (Å²) in [6.45, 7) is -0.147. The van der Waals surface area contributed by atoms with Crippen LogP contribution < -0.4 is 5.73 Å². The SMILES string of the molecule is N#CCOCCC(C(N)=O)c1cc([N+](=O)[O-])ccc1F. The highest BCUT2D eigenvalue weighted by Gasteiger charge is 2.23. The molecule has 106 valence electrons. The maximum Gasteiger partial charge on any atom is 0.269 e. The number of hydrogen-bond acceptors (Lipinski definition) is 5. The van der Waals surface area contributed by atoms with Crippen LogP contribution in [0.15, 0.2) is 18.2 Å². The third kappa shape index (κ3) is 4.00. The first-order chi connectivity index (χ1) is 9.47. The van der Waals surface area contributed by atoms with Gasteiger partial charge in [0.1, 0.15) is 12.4 Å². The van der Waals surface area contributed by atoms with Crippen LogP contribution in [0.5, 0.6) is 0 Å². The van der Waals surface area contributed by atoms with Crippen molar-refractivity contribution in [1.29, 1.82) is 5.26 Å². The number of halogens is 1. The summed E-state index contributed by atoms with van der Waals surface area (Å²) in [5.41, 5.74) is 4.71. The zero-order valence-corrected chi connectivity index (χ0v) is 10.4. The van der Waals surface area contributed by atoms with Gasteiger partial charge in [0.2, 0.25) is 5.91 Å². The predicted molar refractivity (Wildman–Crippen MR) is 66.0 cm³/mol. The Bertz CT molecular complexity index is 556. The van der Waals surface area contributed by atoms with Gasteiger partial charge < -0.3 is 10.5 Å². The Morgan fingerprint density at radius 2 is 2.30 bits per heavy atom. The van der Waals surface area contributed by atoms with Gasteiger partial charge in [-0.05, 0) is 12.5 Å². The largest absolute Gasteiger partial charge is 0.369 e. The number of rotatable bonds is 7. The van der Waals surface area contributed by atoms with Crippen molar-refractivity contribution in [3.63, 3.8) is 0 Å². The fourth-order valence-corrected chi connectivity index (χ4v) is 1.68. The van der Waals surface area contributed by atoms with E-state index in [1.165, 1.54) is 0 Å². The minimum absolute atomic E-state index is 0.0172. The molecule has 0 aliphatic rings. The lowest BCUT2D eigenvalue weighted by Gasteiger charge is -2.14. The Kier molecular flexibility index (Phi) is 5.56. The molecule has 0 heterocycles. The first-order valence-corrected chi connectivity index (χ1v) is 5.65. The number of amides is 1. The molecule has 0 radical (unpaired) electrons. The van der Waals surface area contributed by atoms with Gasteiger partial charge in [0.05, 0.1) is 16.9 Å². The van der Waals surface area contributed by atoms with Crippen molar-refractivity contribution < 1.29 is 18.8 Å². The summed E-state index contributed by atoms with van der Waals surface area (Å²) in [6, 6.07) is 4.64. The number of non-ortho nitro benzene ring substituents is 1. The van der Waals surface area contributed by atoms with Crippen molar-refractivity contribution in [2.75, 3.05) is 13.2 Å². The zero-order valence-electron chi connectivity index (χ0n) is 10.4. The molecule has 0 aromatic heterocycles. The van der Waals surface area contributed by atoms with E-state index in [0.29, 0.717) is 0 Å². The summed E-state index contributed by atoms with van der Waals surface area (Å²) in [4.78, 5) is 21.3. The van der Waals surface area contributed by atoms with Gasteiger partial charge in [-0.2, -0.15) is 5.26 Å². The second-order valence-corrected chi connectivity index (χ2v) is 3.92. The van der Waals surface area contributed by atoms with E-state index in [2.05, 4.69) is 0 Å². The minimum atomic E-state index is -1.05. The Morgan fingerprint density at radius 3 is 2.85 bits per heavy atom. The molecule has 0 saturated carbocycles. The lowest BCUT2D eigenvalue weighted by atomic mass is 9.94. The van der Waals surface area contributed by atoms with Crippen molar-refractivity contribution in [3.8, 4) is 6.07 Å². The number of carbonyl (C=O) groups excluding carboxylic acids is 1. The maximum absolute atomic E-state index is 13.7. The van der Waals surface area contributed by atoms with Crippen LogP contribution in [0.4, 0.5) is 10.1 Å². The van der Waals surface area contributed by atoms with Crippen LogP contribution in [0.3, 0.4) is 0 Å². The second-order valence-electron chi connectivity index (χ2n) is 3.92. The van der Waals surface area contributed by atoms with E-state index in [-0.39, 0.29) is 30.9 Å². The highest BCUT2D eigenvalue weighted by Crippen LogP contribution is 2.26. The average Bonchev–Trinajstić information content (AvgIpc) is 2.39. The van der Waals surface area contributed by atoms with Crippen molar-refractivity contribution >= 4 is 11.6 Å². The molecule has 0 aliphatic carbocycles. The Morgan fingerprint density at radius 1 is 1.60 bits per heavy atom. The van der Waals surface area contributed by atoms with E-state index in [4.69, 9.17) is 15.7 Å². The summed E-state index contributed by atoms with van der Waals surface area (Å²) in [5.74, 6) is -2.61. The van der Waals surface area contributed by atoms with Crippen LogP contribution in [-0.4, -0.2) is 24.0 Å². The second kappa shape index (κ2) is 7.16. The lowest BCUT2D eigenvalue weighted by Crippen LogP contribution is -2.23. The third-order valence-corrected chi connectivity index (χ3v) is 2.63. The quantitative estimate of drug-likeness (QED) is 0.458. The summed E-state index contributed by atoms with van der Waals surface area (Å²) in [5, 5.41) is 19.0. The molecule has 7 nitrogen and oxygen atoms in total. The molecule has 8 heteroatoms. The van der Waals surface area contributed by atoms with Gasteiger partial charge in [-0.1, -0.05) is 0 Å². The molecule has 0 fully saturated rings. The molecule has 1 amide bonds. The summed E-state index contributed by atoms with van der Waals surface area (Å²) in [7, 11) is 0. The smallest absolute Gasteiger partial charge is 0.269 e. The van der Waals surface area contributed by atoms with Gasteiger partial charge in [-0.15, -0.1) is 0 Å². The van der Waals surface area contributed by atoms with Crippen LogP contribution in [0.1, 0.15) is 17.9 Å². The number of carbonyl (C=O) groups is 1. The topological polar surface area (TPSA) is 119 Å². The predicted octanol–water partition coefficient (Wildman–Crippen LogP) is 1.23. The molecule has 20 heavy (non-hydrogen) atoms. The summed E-state index contributed by atoms with van der Waals surface area (Å²) < 4.78 is 18.6. The molecule has 1 atom stereocenters. The highest BCUT2D eigenvalue weighted by atomic mass is 19.1. The molecule has 2 N–H and O–H groups in total. The van der Waals surface area contributed by atoms with E-state index < -0.39 is 22.6 Å². The number of ether oxygens (including phenoxy) is 1. The molecule has 0 saturated heterocycles. The van der Waals surface area contributed by atoms with Crippen molar-refractivity contribution in [2.45, 2.75) is 12.3 Å². The van der Waals surface area contributed by atoms with Gasteiger partial charge in [0.15, 0.2) is 0 Å². The van der Waals surface area contributed by atoms with Crippen molar-refractivity contribution in [1.82, 2.24) is 0 Å². The molecule has 0 spiro atoms. The Balaban J connectivity index is 2.96. The number of nitro benzene ring substituents is 1. The molecular formula is C12H12FN3O4. The molecular weight excluding hydrogens is 269 g/mol. The van der Waals surface area contributed by atoms with E-state index in [9.17, 15) is 19.3 Å². The molecule has 1 aromatic carbocycles. The summed E-state index contributed by atoms with van der Waals surface area (Å²) >= 11 is 0. The Labute approximate surface area is 113 Å². The first kappa shape index (κ1) is 15.5. The standard InChI is InChI=1S/C12H12FN3O4/c13-11-2-1-8(16(18)19)7-10(11)9(12(15)17)3-5-20-6-4-14/h1-2,7,9H,3,5-6H2,(H2,15,17). The Hall–Kier alpha value is -2.53. The number of benzene rings is 1. The molecule has 1 aromatic rings. The van der Waals surface area contributed by atoms with Crippen LogP contribution in [-0.2, 0) is 9.53 Å². The normalized spacial score (nSPS) is 11.6. The average molecular weight is 281 g/mol. The van der Waals surface area contributed by atoms with Crippen molar-refractivity contribution in [2.24, 2.45) is 5.73 Å². The number of nitro groups is 1. The maximum atomic E-state index is 13.7. The van der Waals surface area contributed by atoms with Crippen LogP contribution in [0.2, 0.25) is 0 Å². The molecule has 0 bridgehead atoms. The number of nitriles is 1. The lowest BCUT2D eigenvalue weighted by molar-refractivity contribution is -0.385. The fourth-order valence-electron chi connectivity index (χ4n) is 1.68. The number of nitrogens with two attached hydrogens (primary N) is 1. The van der Waals surface area contributed by atoms with Crippen molar-refractivity contribution in [3.05, 3.63) is 39.7 Å². The van der Waals surface area contributed by atoms with E-state index in [1.807, 2.05) is 0 Å². The van der Waals surface area contributed by atoms with Crippen LogP contribution in [0.25, 0.3) is 0 Å².